The van der Waals surface area contributed by atoms with E-state index in [2.05, 4.69) is 15.3 Å². The van der Waals surface area contributed by atoms with E-state index in [9.17, 15) is 9.59 Å². The van der Waals surface area contributed by atoms with Crippen molar-refractivity contribution in [2.24, 2.45) is 0 Å². The van der Waals surface area contributed by atoms with Crippen molar-refractivity contribution in [3.05, 3.63) is 50.3 Å². The Labute approximate surface area is 157 Å². The molecule has 6 nitrogen and oxygen atoms in total. The third-order valence-corrected chi connectivity index (χ3v) is 4.21. The summed E-state index contributed by atoms with van der Waals surface area (Å²) in [5.41, 5.74) is -0.240. The number of esters is 1. The van der Waals surface area contributed by atoms with Crippen LogP contribution in [0.25, 0.3) is 0 Å². The Bertz CT molecular complexity index is 784. The highest BCUT2D eigenvalue weighted by Gasteiger charge is 2.23. The highest BCUT2D eigenvalue weighted by atomic mass is 35.5. The van der Waals surface area contributed by atoms with Crippen LogP contribution in [0.15, 0.2) is 24.5 Å². The van der Waals surface area contributed by atoms with Gasteiger partial charge < -0.3 is 10.1 Å². The summed E-state index contributed by atoms with van der Waals surface area (Å²) < 4.78 is 5.02. The molecule has 10 heteroatoms. The molecule has 1 atom stereocenters. The van der Waals surface area contributed by atoms with Gasteiger partial charge in [0, 0.05) is 12.4 Å². The van der Waals surface area contributed by atoms with Crippen molar-refractivity contribution in [3.8, 4) is 0 Å². The second kappa shape index (κ2) is 7.98. The Balaban J connectivity index is 2.04. The van der Waals surface area contributed by atoms with Gasteiger partial charge in [0.15, 0.2) is 11.8 Å². The fourth-order valence-electron chi connectivity index (χ4n) is 1.53. The molecule has 0 fully saturated rings. The van der Waals surface area contributed by atoms with E-state index < -0.39 is 18.0 Å². The van der Waals surface area contributed by atoms with Gasteiger partial charge in [-0.3, -0.25) is 4.79 Å². The molecule has 0 aliphatic rings. The molecule has 2 aromatic rings. The molecule has 1 N–H and O–H groups in total. The number of anilines is 1. The van der Waals surface area contributed by atoms with Crippen LogP contribution in [0.2, 0.25) is 20.1 Å². The molecule has 0 bridgehead atoms. The highest BCUT2D eigenvalue weighted by Crippen LogP contribution is 2.31. The Hall–Kier alpha value is -1.60. The molecular weight excluding hydrogens is 400 g/mol. The van der Waals surface area contributed by atoms with Crippen LogP contribution in [-0.2, 0) is 9.53 Å². The van der Waals surface area contributed by atoms with Gasteiger partial charge in [0.05, 0.1) is 20.1 Å². The Kier molecular flexibility index (Phi) is 6.23. The van der Waals surface area contributed by atoms with Crippen LogP contribution in [-0.4, -0.2) is 27.9 Å². The Morgan fingerprint density at radius 1 is 1.08 bits per heavy atom. The van der Waals surface area contributed by atoms with E-state index in [1.54, 1.807) is 6.07 Å². The standard InChI is InChI=1S/C14H9Cl4N3O3/c1-6(13(22)21-9-3-2-7(15)4-19-9)24-14(23)12-11(18)10(17)8(16)5-20-12/h2-6H,1H3,(H,19,21,22)/t6-/m0/s1. The monoisotopic (exact) mass is 407 g/mol. The molecule has 0 unspecified atom stereocenters. The van der Waals surface area contributed by atoms with Crippen LogP contribution in [0.1, 0.15) is 17.4 Å². The average molecular weight is 409 g/mol. The molecule has 24 heavy (non-hydrogen) atoms. The molecule has 0 spiro atoms. The van der Waals surface area contributed by atoms with Crippen molar-refractivity contribution in [2.45, 2.75) is 13.0 Å². The van der Waals surface area contributed by atoms with E-state index in [0.29, 0.717) is 5.02 Å². The number of hydrogen-bond donors (Lipinski definition) is 1. The molecule has 0 aromatic carbocycles. The van der Waals surface area contributed by atoms with Gasteiger partial charge in [-0.15, -0.1) is 0 Å². The number of carbonyl (C=O) groups excluding carboxylic acids is 2. The number of nitrogens with one attached hydrogen (secondary N) is 1. The molecule has 0 aliphatic heterocycles. The van der Waals surface area contributed by atoms with Crippen molar-refractivity contribution in [1.29, 1.82) is 0 Å². The number of pyridine rings is 2. The molecule has 1 amide bonds. The Morgan fingerprint density at radius 3 is 2.42 bits per heavy atom. The number of carbonyl (C=O) groups is 2. The molecule has 2 rings (SSSR count). The zero-order valence-electron chi connectivity index (χ0n) is 12.0. The number of rotatable bonds is 4. The van der Waals surface area contributed by atoms with Gasteiger partial charge in [-0.1, -0.05) is 46.4 Å². The van der Waals surface area contributed by atoms with Gasteiger partial charge in [0.25, 0.3) is 5.91 Å². The minimum absolute atomic E-state index is 0.0252. The largest absolute Gasteiger partial charge is 0.448 e. The van der Waals surface area contributed by atoms with Crippen LogP contribution in [0.4, 0.5) is 5.82 Å². The summed E-state index contributed by atoms with van der Waals surface area (Å²) in [6.07, 6.45) is 1.41. The number of aromatic nitrogens is 2. The summed E-state index contributed by atoms with van der Waals surface area (Å²) in [6, 6.07) is 3.06. The molecule has 2 heterocycles. The summed E-state index contributed by atoms with van der Waals surface area (Å²) in [4.78, 5) is 31.7. The lowest BCUT2D eigenvalue weighted by molar-refractivity contribution is -0.123. The van der Waals surface area contributed by atoms with Crippen LogP contribution in [0, 0.1) is 0 Å². The van der Waals surface area contributed by atoms with Gasteiger partial charge in [-0.25, -0.2) is 14.8 Å². The molecule has 0 saturated heterocycles. The lowest BCUT2D eigenvalue weighted by Crippen LogP contribution is -2.30. The SMILES string of the molecule is C[C@H](OC(=O)c1ncc(Cl)c(Cl)c1Cl)C(=O)Nc1ccc(Cl)cn1. The third kappa shape index (κ3) is 4.48. The second-order valence-electron chi connectivity index (χ2n) is 4.48. The third-order valence-electron chi connectivity index (χ3n) is 2.74. The summed E-state index contributed by atoms with van der Waals surface area (Å²) in [5.74, 6) is -1.24. The molecule has 2 aromatic heterocycles. The lowest BCUT2D eigenvalue weighted by atomic mass is 10.3. The first-order valence-electron chi connectivity index (χ1n) is 6.42. The normalized spacial score (nSPS) is 11.7. The van der Waals surface area contributed by atoms with E-state index in [0.717, 1.165) is 6.20 Å². The summed E-state index contributed by atoms with van der Waals surface area (Å²) in [5, 5.41) is 2.82. The zero-order chi connectivity index (χ0) is 17.9. The van der Waals surface area contributed by atoms with E-state index in [4.69, 9.17) is 51.1 Å². The quantitative estimate of drug-likeness (QED) is 0.763. The van der Waals surface area contributed by atoms with Crippen LogP contribution >= 0.6 is 46.4 Å². The molecule has 0 radical (unpaired) electrons. The van der Waals surface area contributed by atoms with Crippen molar-refractivity contribution in [2.75, 3.05) is 5.32 Å². The number of hydrogen-bond acceptors (Lipinski definition) is 5. The van der Waals surface area contributed by atoms with E-state index in [1.165, 1.54) is 19.2 Å². The van der Waals surface area contributed by atoms with Crippen LogP contribution in [0.5, 0.6) is 0 Å². The second-order valence-corrected chi connectivity index (χ2v) is 6.08. The topological polar surface area (TPSA) is 81.2 Å². The summed E-state index contributed by atoms with van der Waals surface area (Å²) >= 11 is 23.2. The van der Waals surface area contributed by atoms with Crippen molar-refractivity contribution < 1.29 is 14.3 Å². The minimum atomic E-state index is -1.12. The fraction of sp³-hybridized carbons (Fsp3) is 0.143. The molecule has 0 saturated carbocycles. The zero-order valence-corrected chi connectivity index (χ0v) is 15.0. The van der Waals surface area contributed by atoms with Crippen LogP contribution in [0.3, 0.4) is 0 Å². The number of halogens is 4. The number of ether oxygens (including phenoxy) is 1. The Morgan fingerprint density at radius 2 is 1.79 bits per heavy atom. The predicted octanol–water partition coefficient (Wildman–Crippen LogP) is 4.27. The smallest absolute Gasteiger partial charge is 0.359 e. The van der Waals surface area contributed by atoms with Crippen molar-refractivity contribution in [1.82, 2.24) is 9.97 Å². The van der Waals surface area contributed by atoms with E-state index in [1.807, 2.05) is 0 Å². The summed E-state index contributed by atoms with van der Waals surface area (Å²) in [6.45, 7) is 1.38. The van der Waals surface area contributed by atoms with E-state index >= 15 is 0 Å². The van der Waals surface area contributed by atoms with Gasteiger partial charge >= 0.3 is 5.97 Å². The maximum absolute atomic E-state index is 12.1. The number of nitrogens with zero attached hydrogens (tertiary/aromatic N) is 2. The minimum Gasteiger partial charge on any atom is -0.448 e. The van der Waals surface area contributed by atoms with Gasteiger partial charge in [-0.05, 0) is 19.1 Å². The first kappa shape index (κ1) is 18.7. The maximum atomic E-state index is 12.1. The fourth-order valence-corrected chi connectivity index (χ4v) is 2.20. The van der Waals surface area contributed by atoms with Crippen molar-refractivity contribution in [3.63, 3.8) is 0 Å². The molecular formula is C14H9Cl4N3O3. The first-order chi connectivity index (χ1) is 11.3. The number of amides is 1. The van der Waals surface area contributed by atoms with Gasteiger partial charge in [0.2, 0.25) is 0 Å². The molecule has 0 aliphatic carbocycles. The maximum Gasteiger partial charge on any atom is 0.359 e. The average Bonchev–Trinajstić information content (AvgIpc) is 2.54. The lowest BCUT2D eigenvalue weighted by Gasteiger charge is -2.13. The van der Waals surface area contributed by atoms with Gasteiger partial charge in [-0.2, -0.15) is 0 Å². The first-order valence-corrected chi connectivity index (χ1v) is 7.93. The van der Waals surface area contributed by atoms with Gasteiger partial charge in [0.1, 0.15) is 5.82 Å². The summed E-state index contributed by atoms with van der Waals surface area (Å²) in [7, 11) is 0. The van der Waals surface area contributed by atoms with E-state index in [-0.39, 0.29) is 26.6 Å². The van der Waals surface area contributed by atoms with Crippen LogP contribution < -0.4 is 5.32 Å². The molecule has 126 valence electrons. The highest BCUT2D eigenvalue weighted by molar-refractivity contribution is 6.48. The van der Waals surface area contributed by atoms with Crippen molar-refractivity contribution >= 4 is 64.1 Å². The predicted molar refractivity (Wildman–Crippen MR) is 92.0 cm³/mol.